The van der Waals surface area contributed by atoms with Gasteiger partial charge in [-0.3, -0.25) is 14.0 Å². The van der Waals surface area contributed by atoms with Crippen LogP contribution in [0.2, 0.25) is 5.02 Å². The number of nitrogens with one attached hydrogen (secondary N) is 1. The number of morpholine rings is 1. The van der Waals surface area contributed by atoms with Crippen molar-refractivity contribution in [2.24, 2.45) is 0 Å². The van der Waals surface area contributed by atoms with E-state index in [1.54, 1.807) is 12.1 Å². The molecule has 152 valence electrons. The second-order valence-corrected chi connectivity index (χ2v) is 8.56. The Morgan fingerprint density at radius 3 is 2.67 bits per heavy atom. The third-order valence-electron chi connectivity index (χ3n) is 4.19. The van der Waals surface area contributed by atoms with Gasteiger partial charge in [0.15, 0.2) is 0 Å². The number of carbonyl (C=O) groups is 1. The summed E-state index contributed by atoms with van der Waals surface area (Å²) in [5.41, 5.74) is 0.312. The zero-order valence-electron chi connectivity index (χ0n) is 15.6. The van der Waals surface area contributed by atoms with Gasteiger partial charge in [-0.25, -0.2) is 8.42 Å². The fourth-order valence-electron chi connectivity index (χ4n) is 2.75. The average molecular weight is 420 g/mol. The summed E-state index contributed by atoms with van der Waals surface area (Å²) in [6.07, 6.45) is 1.84. The molecule has 1 aromatic rings. The lowest BCUT2D eigenvalue weighted by molar-refractivity contribution is -0.119. The summed E-state index contributed by atoms with van der Waals surface area (Å²) in [4.78, 5) is 14.5. The van der Waals surface area contributed by atoms with Crippen LogP contribution in [0, 0.1) is 0 Å². The Balaban J connectivity index is 1.89. The smallest absolute Gasteiger partial charge is 0.240 e. The van der Waals surface area contributed by atoms with Crippen LogP contribution in [0.15, 0.2) is 18.2 Å². The van der Waals surface area contributed by atoms with E-state index in [9.17, 15) is 13.2 Å². The van der Waals surface area contributed by atoms with Crippen molar-refractivity contribution in [3.63, 3.8) is 0 Å². The third-order valence-corrected chi connectivity index (χ3v) is 5.62. The third kappa shape index (κ3) is 6.84. The second kappa shape index (κ2) is 10.1. The van der Waals surface area contributed by atoms with E-state index in [0.717, 1.165) is 49.8 Å². The lowest BCUT2D eigenvalue weighted by atomic mass is 10.3. The van der Waals surface area contributed by atoms with E-state index >= 15 is 0 Å². The van der Waals surface area contributed by atoms with Crippen molar-refractivity contribution in [3.8, 4) is 5.75 Å². The van der Waals surface area contributed by atoms with E-state index in [0.29, 0.717) is 18.0 Å². The lowest BCUT2D eigenvalue weighted by Gasteiger charge is -2.26. The number of hydrogen-bond donors (Lipinski definition) is 1. The Labute approximate surface area is 165 Å². The van der Waals surface area contributed by atoms with Crippen LogP contribution in [0.1, 0.15) is 6.42 Å². The van der Waals surface area contributed by atoms with E-state index in [1.807, 2.05) is 0 Å². The van der Waals surface area contributed by atoms with Crippen LogP contribution in [0.4, 0.5) is 5.69 Å². The zero-order chi connectivity index (χ0) is 19.9. The normalized spacial score (nSPS) is 15.4. The van der Waals surface area contributed by atoms with Crippen LogP contribution in [-0.4, -0.2) is 78.5 Å². The van der Waals surface area contributed by atoms with Gasteiger partial charge in [0.05, 0.1) is 37.3 Å². The van der Waals surface area contributed by atoms with Crippen LogP contribution in [-0.2, 0) is 19.6 Å². The summed E-state index contributed by atoms with van der Waals surface area (Å²) in [7, 11) is -2.17. The minimum absolute atomic E-state index is 0.273. The maximum absolute atomic E-state index is 12.2. The molecule has 1 saturated heterocycles. The van der Waals surface area contributed by atoms with Crippen LogP contribution in [0.25, 0.3) is 0 Å². The number of sulfonamides is 1. The van der Waals surface area contributed by atoms with Crippen molar-refractivity contribution >= 4 is 33.2 Å². The number of halogens is 1. The van der Waals surface area contributed by atoms with Crippen molar-refractivity contribution in [1.29, 1.82) is 0 Å². The molecule has 0 aliphatic carbocycles. The monoisotopic (exact) mass is 419 g/mol. The molecule has 0 saturated carbocycles. The molecule has 1 aliphatic heterocycles. The molecule has 1 aliphatic rings. The number of nitrogens with zero attached hydrogens (tertiary/aromatic N) is 2. The van der Waals surface area contributed by atoms with Gasteiger partial charge in [0.25, 0.3) is 0 Å². The van der Waals surface area contributed by atoms with Gasteiger partial charge >= 0.3 is 0 Å². The predicted molar refractivity (Wildman–Crippen MR) is 105 cm³/mol. The number of rotatable bonds is 9. The van der Waals surface area contributed by atoms with E-state index in [4.69, 9.17) is 21.1 Å². The Bertz CT molecular complexity index is 738. The molecule has 1 aromatic carbocycles. The number of carbonyl (C=O) groups excluding carboxylic acids is 1. The first kappa shape index (κ1) is 21.7. The predicted octanol–water partition coefficient (Wildman–Crippen LogP) is 0.953. The topological polar surface area (TPSA) is 88.2 Å². The molecule has 0 bridgehead atoms. The summed E-state index contributed by atoms with van der Waals surface area (Å²) in [5, 5.41) is 3.04. The van der Waals surface area contributed by atoms with Gasteiger partial charge in [0, 0.05) is 19.6 Å². The molecular weight excluding hydrogens is 394 g/mol. The molecule has 10 heteroatoms. The van der Waals surface area contributed by atoms with Gasteiger partial charge in [-0.1, -0.05) is 11.6 Å². The molecule has 0 spiro atoms. The van der Waals surface area contributed by atoms with Crippen molar-refractivity contribution in [1.82, 2.24) is 10.2 Å². The maximum Gasteiger partial charge on any atom is 0.240 e. The molecule has 0 atom stereocenters. The lowest BCUT2D eigenvalue weighted by Crippen LogP contribution is -2.42. The molecule has 0 unspecified atom stereocenters. The number of amides is 1. The van der Waals surface area contributed by atoms with Gasteiger partial charge in [0.2, 0.25) is 15.9 Å². The average Bonchev–Trinajstić information content (AvgIpc) is 2.63. The van der Waals surface area contributed by atoms with E-state index in [-0.39, 0.29) is 17.5 Å². The number of anilines is 1. The molecule has 1 heterocycles. The number of hydrogen-bond acceptors (Lipinski definition) is 6. The van der Waals surface area contributed by atoms with E-state index < -0.39 is 10.0 Å². The molecule has 0 aromatic heterocycles. The molecular formula is C17H26ClN3O5S. The fraction of sp³-hybridized carbons (Fsp3) is 0.588. The zero-order valence-corrected chi connectivity index (χ0v) is 17.2. The molecule has 0 radical (unpaired) electrons. The number of ether oxygens (including phenoxy) is 2. The number of methoxy groups -OCH3 is 1. The Hall–Kier alpha value is -1.55. The largest absolute Gasteiger partial charge is 0.495 e. The Morgan fingerprint density at radius 1 is 1.37 bits per heavy atom. The molecule has 27 heavy (non-hydrogen) atoms. The van der Waals surface area contributed by atoms with Gasteiger partial charge in [-0.05, 0) is 31.2 Å². The van der Waals surface area contributed by atoms with E-state index in [1.165, 1.54) is 13.2 Å². The highest BCUT2D eigenvalue weighted by Gasteiger charge is 2.21. The first-order chi connectivity index (χ1) is 12.8. The summed E-state index contributed by atoms with van der Waals surface area (Å²) in [6.45, 7) is 4.31. The van der Waals surface area contributed by atoms with Gasteiger partial charge in [0.1, 0.15) is 12.3 Å². The van der Waals surface area contributed by atoms with Crippen LogP contribution < -0.4 is 14.4 Å². The highest BCUT2D eigenvalue weighted by molar-refractivity contribution is 7.92. The summed E-state index contributed by atoms with van der Waals surface area (Å²) >= 11 is 6.08. The van der Waals surface area contributed by atoms with Crippen molar-refractivity contribution in [3.05, 3.63) is 23.2 Å². The molecule has 8 nitrogen and oxygen atoms in total. The minimum atomic E-state index is -3.65. The van der Waals surface area contributed by atoms with Crippen LogP contribution >= 0.6 is 11.6 Å². The van der Waals surface area contributed by atoms with Crippen molar-refractivity contribution in [2.45, 2.75) is 6.42 Å². The van der Waals surface area contributed by atoms with Gasteiger partial charge in [-0.2, -0.15) is 0 Å². The van der Waals surface area contributed by atoms with E-state index in [2.05, 4.69) is 10.2 Å². The molecule has 1 amide bonds. The minimum Gasteiger partial charge on any atom is -0.495 e. The first-order valence-corrected chi connectivity index (χ1v) is 10.9. The van der Waals surface area contributed by atoms with Gasteiger partial charge < -0.3 is 14.8 Å². The summed E-state index contributed by atoms with van der Waals surface area (Å²) in [6, 6.07) is 4.58. The van der Waals surface area contributed by atoms with Crippen molar-refractivity contribution < 1.29 is 22.7 Å². The quantitative estimate of drug-likeness (QED) is 0.599. The highest BCUT2D eigenvalue weighted by Crippen LogP contribution is 2.30. The Kier molecular flexibility index (Phi) is 8.15. The van der Waals surface area contributed by atoms with Gasteiger partial charge in [-0.15, -0.1) is 0 Å². The second-order valence-electron chi connectivity index (χ2n) is 6.25. The van der Waals surface area contributed by atoms with Crippen molar-refractivity contribution in [2.75, 3.05) is 63.6 Å². The standard InChI is InChI=1S/C17H26ClN3O5S/c1-25-16-5-4-14(12-15(16)18)21(27(2,23)24)13-17(22)19-6-3-7-20-8-10-26-11-9-20/h4-5,12H,3,6-11,13H2,1-2H3,(H,19,22). The molecule has 1 N–H and O–H groups in total. The molecule has 1 fully saturated rings. The SMILES string of the molecule is COc1ccc(N(CC(=O)NCCCN2CCOCC2)S(C)(=O)=O)cc1Cl. The summed E-state index contributed by atoms with van der Waals surface area (Å²) < 4.78 is 35.6. The first-order valence-electron chi connectivity index (χ1n) is 8.69. The van der Waals surface area contributed by atoms with Crippen LogP contribution in [0.3, 0.4) is 0 Å². The van der Waals surface area contributed by atoms with Crippen LogP contribution in [0.5, 0.6) is 5.75 Å². The molecule has 2 rings (SSSR count). The highest BCUT2D eigenvalue weighted by atomic mass is 35.5. The maximum atomic E-state index is 12.2. The summed E-state index contributed by atoms with van der Waals surface area (Å²) in [5.74, 6) is 0.0655. The Morgan fingerprint density at radius 2 is 2.07 bits per heavy atom. The number of benzene rings is 1. The fourth-order valence-corrected chi connectivity index (χ4v) is 3.85.